The van der Waals surface area contributed by atoms with Gasteiger partial charge >= 0.3 is 5.91 Å². The molecule has 2 amide bonds. The van der Waals surface area contributed by atoms with Crippen molar-refractivity contribution in [1.29, 1.82) is 0 Å². The first kappa shape index (κ1) is 20.8. The standard InChI is InChI=1S/C17H19IN4O5/c1-3-21(4-2)10-12-6-8-15(27-12)17(24)20-19-16(23)13-9-11(22(25)26)5-7-14(13)18/h5-9H,3-4,10H2,1-2H3,(H,19,23)(H,20,24). The molecule has 0 aliphatic rings. The lowest BCUT2D eigenvalue weighted by Crippen LogP contribution is -2.41. The summed E-state index contributed by atoms with van der Waals surface area (Å²) in [7, 11) is 0. The fraction of sp³-hybridized carbons (Fsp3) is 0.294. The summed E-state index contributed by atoms with van der Waals surface area (Å²) in [6.07, 6.45) is 0. The average molecular weight is 486 g/mol. The third-order valence-corrected chi connectivity index (χ3v) is 4.79. The maximum absolute atomic E-state index is 12.2. The summed E-state index contributed by atoms with van der Waals surface area (Å²) < 4.78 is 6.01. The van der Waals surface area contributed by atoms with Gasteiger partial charge in [0.15, 0.2) is 5.76 Å². The topological polar surface area (TPSA) is 118 Å². The number of hydrogen-bond acceptors (Lipinski definition) is 6. The predicted molar refractivity (Wildman–Crippen MR) is 106 cm³/mol. The van der Waals surface area contributed by atoms with E-state index in [1.54, 1.807) is 6.07 Å². The van der Waals surface area contributed by atoms with E-state index in [2.05, 4.69) is 15.8 Å². The largest absolute Gasteiger partial charge is 0.454 e. The Labute approximate surface area is 169 Å². The molecule has 10 heteroatoms. The van der Waals surface area contributed by atoms with Crippen LogP contribution in [0.5, 0.6) is 0 Å². The van der Waals surface area contributed by atoms with Crippen LogP contribution in [-0.2, 0) is 6.54 Å². The van der Waals surface area contributed by atoms with E-state index < -0.39 is 16.7 Å². The number of nitrogens with zero attached hydrogens (tertiary/aromatic N) is 2. The number of nitrogens with one attached hydrogen (secondary N) is 2. The second-order valence-electron chi connectivity index (χ2n) is 5.56. The Balaban J connectivity index is 1.99. The van der Waals surface area contributed by atoms with Crippen molar-refractivity contribution in [3.63, 3.8) is 0 Å². The lowest BCUT2D eigenvalue weighted by Gasteiger charge is -2.15. The van der Waals surface area contributed by atoms with Gasteiger partial charge in [-0.3, -0.25) is 35.5 Å². The minimum atomic E-state index is -0.661. The zero-order valence-corrected chi connectivity index (χ0v) is 17.0. The van der Waals surface area contributed by atoms with Crippen LogP contribution < -0.4 is 10.9 Å². The molecule has 0 fully saturated rings. The lowest BCUT2D eigenvalue weighted by molar-refractivity contribution is -0.384. The number of non-ortho nitro benzene ring substituents is 1. The number of carbonyl (C=O) groups is 2. The Bertz CT molecular complexity index is 848. The number of rotatable bonds is 7. The van der Waals surface area contributed by atoms with Crippen LogP contribution in [0.2, 0.25) is 0 Å². The van der Waals surface area contributed by atoms with E-state index >= 15 is 0 Å². The van der Waals surface area contributed by atoms with Crippen LogP contribution >= 0.6 is 22.6 Å². The van der Waals surface area contributed by atoms with Gasteiger partial charge in [0.25, 0.3) is 11.6 Å². The van der Waals surface area contributed by atoms with E-state index in [0.717, 1.165) is 19.2 Å². The molecule has 0 aliphatic heterocycles. The number of nitro groups is 1. The molecule has 2 N–H and O–H groups in total. The first-order chi connectivity index (χ1) is 12.8. The minimum Gasteiger partial charge on any atom is -0.454 e. The molecule has 0 saturated heterocycles. The molecular formula is C17H19IN4O5. The van der Waals surface area contributed by atoms with Crippen molar-refractivity contribution in [3.8, 4) is 0 Å². The van der Waals surface area contributed by atoms with Crippen molar-refractivity contribution in [3.05, 3.63) is 61.1 Å². The second kappa shape index (κ2) is 9.46. The Morgan fingerprint density at radius 1 is 1.15 bits per heavy atom. The Morgan fingerprint density at radius 3 is 2.44 bits per heavy atom. The molecule has 1 heterocycles. The van der Waals surface area contributed by atoms with Crippen LogP contribution in [0, 0.1) is 13.7 Å². The number of hydrogen-bond donors (Lipinski definition) is 2. The first-order valence-corrected chi connectivity index (χ1v) is 9.29. The van der Waals surface area contributed by atoms with E-state index in [9.17, 15) is 19.7 Å². The zero-order chi connectivity index (χ0) is 20.0. The van der Waals surface area contributed by atoms with Gasteiger partial charge in [-0.05, 0) is 53.9 Å². The number of halogens is 1. The van der Waals surface area contributed by atoms with Gasteiger partial charge in [0.05, 0.1) is 17.0 Å². The van der Waals surface area contributed by atoms with Gasteiger partial charge in [-0.2, -0.15) is 0 Å². The Hall–Kier alpha value is -2.47. The molecule has 0 saturated carbocycles. The smallest absolute Gasteiger partial charge is 0.305 e. The number of carbonyl (C=O) groups excluding carboxylic acids is 2. The molecular weight excluding hydrogens is 467 g/mol. The number of furan rings is 1. The van der Waals surface area contributed by atoms with E-state index in [1.807, 2.05) is 36.4 Å². The highest BCUT2D eigenvalue weighted by atomic mass is 127. The summed E-state index contributed by atoms with van der Waals surface area (Å²) in [5.74, 6) is -0.574. The van der Waals surface area contributed by atoms with Crippen molar-refractivity contribution in [2.24, 2.45) is 0 Å². The maximum atomic E-state index is 12.2. The average Bonchev–Trinajstić information content (AvgIpc) is 3.12. The van der Waals surface area contributed by atoms with Crippen molar-refractivity contribution in [1.82, 2.24) is 15.8 Å². The van der Waals surface area contributed by atoms with Gasteiger partial charge in [0.2, 0.25) is 0 Å². The summed E-state index contributed by atoms with van der Waals surface area (Å²) in [6, 6.07) is 7.15. The molecule has 9 nitrogen and oxygen atoms in total. The number of benzene rings is 1. The van der Waals surface area contributed by atoms with E-state index in [4.69, 9.17) is 4.42 Å². The molecule has 0 atom stereocenters. The van der Waals surface area contributed by atoms with Gasteiger partial charge in [0, 0.05) is 15.7 Å². The van der Waals surface area contributed by atoms with Crippen molar-refractivity contribution in [2.75, 3.05) is 13.1 Å². The molecule has 1 aromatic heterocycles. The SMILES string of the molecule is CCN(CC)Cc1ccc(C(=O)NNC(=O)c2cc([N+](=O)[O-])ccc2I)o1. The van der Waals surface area contributed by atoms with E-state index in [1.165, 1.54) is 18.2 Å². The van der Waals surface area contributed by atoms with Crippen molar-refractivity contribution in [2.45, 2.75) is 20.4 Å². The zero-order valence-electron chi connectivity index (χ0n) is 14.8. The molecule has 2 aromatic rings. The quantitative estimate of drug-likeness (QED) is 0.353. The van der Waals surface area contributed by atoms with Crippen LogP contribution in [0.25, 0.3) is 0 Å². The number of amides is 2. The fourth-order valence-corrected chi connectivity index (χ4v) is 2.88. The molecule has 0 aliphatic carbocycles. The molecule has 1 aromatic carbocycles. The van der Waals surface area contributed by atoms with Gasteiger partial charge < -0.3 is 4.42 Å². The monoisotopic (exact) mass is 486 g/mol. The summed E-state index contributed by atoms with van der Waals surface area (Å²) in [5, 5.41) is 10.8. The van der Waals surface area contributed by atoms with Crippen LogP contribution in [0.3, 0.4) is 0 Å². The van der Waals surface area contributed by atoms with Gasteiger partial charge in [-0.25, -0.2) is 0 Å². The molecule has 144 valence electrons. The molecule has 0 spiro atoms. The molecule has 27 heavy (non-hydrogen) atoms. The van der Waals surface area contributed by atoms with Crippen molar-refractivity contribution < 1.29 is 18.9 Å². The summed E-state index contributed by atoms with van der Waals surface area (Å²) in [4.78, 5) is 36.7. The molecule has 0 unspecified atom stereocenters. The highest BCUT2D eigenvalue weighted by Crippen LogP contribution is 2.19. The summed E-state index contributed by atoms with van der Waals surface area (Å²) in [6.45, 7) is 6.36. The lowest BCUT2D eigenvalue weighted by atomic mass is 10.2. The molecule has 2 rings (SSSR count). The highest BCUT2D eigenvalue weighted by Gasteiger charge is 2.18. The van der Waals surface area contributed by atoms with Gasteiger partial charge in [-0.1, -0.05) is 13.8 Å². The molecule has 0 radical (unpaired) electrons. The fourth-order valence-electron chi connectivity index (χ4n) is 2.30. The number of hydrazine groups is 1. The number of nitro benzene ring substituents is 1. The van der Waals surface area contributed by atoms with Gasteiger partial charge in [0.1, 0.15) is 5.76 Å². The summed E-state index contributed by atoms with van der Waals surface area (Å²) >= 11 is 1.89. The van der Waals surface area contributed by atoms with Gasteiger partial charge in [-0.15, -0.1) is 0 Å². The second-order valence-corrected chi connectivity index (χ2v) is 6.72. The highest BCUT2D eigenvalue weighted by molar-refractivity contribution is 14.1. The Morgan fingerprint density at radius 2 is 1.81 bits per heavy atom. The maximum Gasteiger partial charge on any atom is 0.305 e. The Kier molecular flexibility index (Phi) is 7.30. The third kappa shape index (κ3) is 5.50. The third-order valence-electron chi connectivity index (χ3n) is 3.85. The van der Waals surface area contributed by atoms with Crippen molar-refractivity contribution >= 4 is 40.1 Å². The van der Waals surface area contributed by atoms with E-state index in [0.29, 0.717) is 15.9 Å². The predicted octanol–water partition coefficient (Wildman–Crippen LogP) is 2.71. The van der Waals surface area contributed by atoms with Crippen LogP contribution in [0.1, 0.15) is 40.5 Å². The van der Waals surface area contributed by atoms with E-state index in [-0.39, 0.29) is 17.0 Å². The van der Waals surface area contributed by atoms with Crippen LogP contribution in [0.15, 0.2) is 34.7 Å². The van der Waals surface area contributed by atoms with Crippen LogP contribution in [0.4, 0.5) is 5.69 Å². The molecule has 0 bridgehead atoms. The normalized spacial score (nSPS) is 10.7. The first-order valence-electron chi connectivity index (χ1n) is 8.21. The minimum absolute atomic E-state index is 0.0613. The summed E-state index contributed by atoms with van der Waals surface area (Å²) in [5.41, 5.74) is 4.37. The van der Waals surface area contributed by atoms with Crippen LogP contribution in [-0.4, -0.2) is 34.7 Å².